The van der Waals surface area contributed by atoms with Gasteiger partial charge in [-0.25, -0.2) is 4.79 Å². The summed E-state index contributed by atoms with van der Waals surface area (Å²) in [4.78, 5) is 37.1. The second kappa shape index (κ2) is 10.2. The van der Waals surface area contributed by atoms with Crippen LogP contribution in [0.2, 0.25) is 0 Å². The van der Waals surface area contributed by atoms with Gasteiger partial charge in [0.1, 0.15) is 12.1 Å². The lowest BCUT2D eigenvalue weighted by Crippen LogP contribution is -2.52. The van der Waals surface area contributed by atoms with Crippen LogP contribution < -0.4 is 10.6 Å². The highest BCUT2D eigenvalue weighted by atomic mass is 16.4. The van der Waals surface area contributed by atoms with E-state index in [1.54, 1.807) is 0 Å². The quantitative estimate of drug-likeness (QED) is 0.353. The van der Waals surface area contributed by atoms with Crippen molar-refractivity contribution in [1.82, 2.24) is 10.6 Å². The number of amides is 2. The van der Waals surface area contributed by atoms with E-state index in [9.17, 15) is 19.5 Å². The van der Waals surface area contributed by atoms with E-state index >= 15 is 0 Å². The predicted molar refractivity (Wildman–Crippen MR) is 132 cm³/mol. The largest absolute Gasteiger partial charge is 0.480 e. The van der Waals surface area contributed by atoms with Gasteiger partial charge in [0.25, 0.3) is 0 Å². The molecule has 0 saturated heterocycles. The fraction of sp³-hybridized carbons (Fsp3) is 0.179. The summed E-state index contributed by atoms with van der Waals surface area (Å²) in [5.41, 5.74) is 1.73. The van der Waals surface area contributed by atoms with Crippen LogP contribution >= 0.6 is 0 Å². The molecular weight excluding hydrogens is 428 g/mol. The summed E-state index contributed by atoms with van der Waals surface area (Å²) in [5, 5.41) is 19.2. The van der Waals surface area contributed by atoms with E-state index < -0.39 is 24.0 Å². The third kappa shape index (κ3) is 5.23. The van der Waals surface area contributed by atoms with Crippen molar-refractivity contribution in [2.24, 2.45) is 0 Å². The maximum atomic E-state index is 13.1. The standard InChI is InChI=1S/C28H26N2O4/c1-18(31)29-25(15-19-9-3-2-4-10-19)27(32)30-26(28(33)34)17-24-22-13-7-5-11-20(22)16-21-12-6-8-14-23(21)24/h2-14,16,25-26H,15,17H2,1H3,(H,29,31)(H,30,32)(H,33,34)/t25-,26-/m0/s1. The van der Waals surface area contributed by atoms with Gasteiger partial charge in [-0.15, -0.1) is 0 Å². The highest BCUT2D eigenvalue weighted by Crippen LogP contribution is 2.29. The molecule has 6 nitrogen and oxygen atoms in total. The molecule has 0 saturated carbocycles. The Balaban J connectivity index is 1.65. The second-order valence-electron chi connectivity index (χ2n) is 8.34. The van der Waals surface area contributed by atoms with Gasteiger partial charge in [-0.2, -0.15) is 0 Å². The Labute approximate surface area is 197 Å². The van der Waals surface area contributed by atoms with Gasteiger partial charge in [-0.05, 0) is 38.7 Å². The minimum absolute atomic E-state index is 0.112. The summed E-state index contributed by atoms with van der Waals surface area (Å²) in [6.07, 6.45) is 0.372. The number of benzene rings is 4. The first-order valence-corrected chi connectivity index (χ1v) is 11.2. The van der Waals surface area contributed by atoms with Crippen LogP contribution in [0.4, 0.5) is 0 Å². The number of hydrogen-bond acceptors (Lipinski definition) is 3. The van der Waals surface area contributed by atoms with Gasteiger partial charge in [-0.3, -0.25) is 9.59 Å². The van der Waals surface area contributed by atoms with Crippen LogP contribution in [-0.2, 0) is 27.2 Å². The molecule has 0 aliphatic rings. The number of carbonyl (C=O) groups excluding carboxylic acids is 2. The normalized spacial score (nSPS) is 12.7. The molecule has 0 aliphatic carbocycles. The molecule has 4 aromatic rings. The minimum Gasteiger partial charge on any atom is -0.480 e. The number of nitrogens with one attached hydrogen (secondary N) is 2. The van der Waals surface area contributed by atoms with Crippen molar-refractivity contribution in [3.63, 3.8) is 0 Å². The zero-order valence-electron chi connectivity index (χ0n) is 18.8. The fourth-order valence-electron chi connectivity index (χ4n) is 4.31. The van der Waals surface area contributed by atoms with Crippen LogP contribution in [0.5, 0.6) is 0 Å². The Hall–Kier alpha value is -4.19. The van der Waals surface area contributed by atoms with Crippen molar-refractivity contribution >= 4 is 39.3 Å². The third-order valence-electron chi connectivity index (χ3n) is 5.88. The van der Waals surface area contributed by atoms with E-state index in [4.69, 9.17) is 0 Å². The SMILES string of the molecule is CC(=O)N[C@@H](Cc1ccccc1)C(=O)N[C@@H](Cc1c2ccccc2cc2ccccc12)C(=O)O. The lowest BCUT2D eigenvalue weighted by molar-refractivity contribution is -0.142. The molecule has 0 spiro atoms. The second-order valence-corrected chi connectivity index (χ2v) is 8.34. The molecule has 172 valence electrons. The van der Waals surface area contributed by atoms with E-state index in [0.29, 0.717) is 0 Å². The molecule has 0 fully saturated rings. The first kappa shape index (κ1) is 23.0. The molecule has 0 bridgehead atoms. The van der Waals surface area contributed by atoms with Crippen LogP contribution in [0.1, 0.15) is 18.1 Å². The Morgan fingerprint density at radius 3 is 1.85 bits per heavy atom. The maximum absolute atomic E-state index is 13.1. The fourth-order valence-corrected chi connectivity index (χ4v) is 4.31. The van der Waals surface area contributed by atoms with E-state index in [1.165, 1.54) is 6.92 Å². The molecule has 34 heavy (non-hydrogen) atoms. The summed E-state index contributed by atoms with van der Waals surface area (Å²) in [6, 6.07) is 25.0. The smallest absolute Gasteiger partial charge is 0.326 e. The number of fused-ring (bicyclic) bond motifs is 2. The van der Waals surface area contributed by atoms with Gasteiger partial charge >= 0.3 is 5.97 Å². The Bertz CT molecular complexity index is 1300. The molecule has 2 amide bonds. The molecular formula is C28H26N2O4. The van der Waals surface area contributed by atoms with E-state index in [1.807, 2.05) is 78.9 Å². The molecule has 3 N–H and O–H groups in total. The van der Waals surface area contributed by atoms with Crippen LogP contribution in [0.3, 0.4) is 0 Å². The number of carboxylic acids is 1. The van der Waals surface area contributed by atoms with E-state index in [2.05, 4.69) is 16.7 Å². The minimum atomic E-state index is -1.16. The van der Waals surface area contributed by atoms with Gasteiger partial charge in [0.15, 0.2) is 0 Å². The van der Waals surface area contributed by atoms with Crippen molar-refractivity contribution in [3.05, 3.63) is 96.1 Å². The van der Waals surface area contributed by atoms with Gasteiger partial charge in [0.05, 0.1) is 0 Å². The molecule has 0 heterocycles. The number of carboxylic acid groups (broad SMARTS) is 1. The monoisotopic (exact) mass is 454 g/mol. The zero-order chi connectivity index (χ0) is 24.1. The van der Waals surface area contributed by atoms with E-state index in [-0.39, 0.29) is 18.7 Å². The van der Waals surface area contributed by atoms with Gasteiger partial charge in [0, 0.05) is 19.8 Å². The molecule has 0 radical (unpaired) electrons. The average molecular weight is 455 g/mol. The Morgan fingerprint density at radius 1 is 0.735 bits per heavy atom. The molecule has 4 aromatic carbocycles. The molecule has 4 rings (SSSR count). The van der Waals surface area contributed by atoms with Gasteiger partial charge in [-0.1, -0.05) is 78.9 Å². The summed E-state index contributed by atoms with van der Waals surface area (Å²) in [6.45, 7) is 1.34. The van der Waals surface area contributed by atoms with Crippen molar-refractivity contribution in [3.8, 4) is 0 Å². The van der Waals surface area contributed by atoms with Crippen molar-refractivity contribution in [1.29, 1.82) is 0 Å². The van der Waals surface area contributed by atoms with E-state index in [0.717, 1.165) is 32.7 Å². The van der Waals surface area contributed by atoms with Crippen LogP contribution in [0.15, 0.2) is 84.9 Å². The number of carbonyl (C=O) groups is 3. The number of hydrogen-bond donors (Lipinski definition) is 3. The predicted octanol–water partition coefficient (Wildman–Crippen LogP) is 3.85. The molecule has 6 heteroatoms. The lowest BCUT2D eigenvalue weighted by Gasteiger charge is -2.22. The molecule has 2 atom stereocenters. The zero-order valence-corrected chi connectivity index (χ0v) is 18.8. The van der Waals surface area contributed by atoms with Gasteiger partial charge < -0.3 is 15.7 Å². The maximum Gasteiger partial charge on any atom is 0.326 e. The average Bonchev–Trinajstić information content (AvgIpc) is 2.83. The Morgan fingerprint density at radius 2 is 1.29 bits per heavy atom. The molecule has 0 aliphatic heterocycles. The first-order chi connectivity index (χ1) is 16.4. The third-order valence-corrected chi connectivity index (χ3v) is 5.88. The van der Waals surface area contributed by atoms with Gasteiger partial charge in [0.2, 0.25) is 11.8 Å². The van der Waals surface area contributed by atoms with Crippen LogP contribution in [0.25, 0.3) is 21.5 Å². The highest BCUT2D eigenvalue weighted by Gasteiger charge is 2.27. The topological polar surface area (TPSA) is 95.5 Å². The van der Waals surface area contributed by atoms with Crippen LogP contribution in [0, 0.1) is 0 Å². The van der Waals surface area contributed by atoms with Crippen molar-refractivity contribution < 1.29 is 19.5 Å². The highest BCUT2D eigenvalue weighted by molar-refractivity contribution is 6.03. The van der Waals surface area contributed by atoms with Crippen molar-refractivity contribution in [2.75, 3.05) is 0 Å². The number of aliphatic carboxylic acids is 1. The van der Waals surface area contributed by atoms with Crippen molar-refractivity contribution in [2.45, 2.75) is 31.8 Å². The molecule has 0 unspecified atom stereocenters. The summed E-state index contributed by atoms with van der Waals surface area (Å²) >= 11 is 0. The molecule has 0 aromatic heterocycles. The summed E-state index contributed by atoms with van der Waals surface area (Å²) < 4.78 is 0. The Kier molecular flexibility index (Phi) is 6.87. The first-order valence-electron chi connectivity index (χ1n) is 11.2. The summed E-state index contributed by atoms with van der Waals surface area (Å²) in [7, 11) is 0. The summed E-state index contributed by atoms with van der Waals surface area (Å²) in [5.74, 6) is -2.02. The van der Waals surface area contributed by atoms with Crippen LogP contribution in [-0.4, -0.2) is 35.0 Å². The number of rotatable bonds is 8. The lowest BCUT2D eigenvalue weighted by atomic mass is 9.92.